The predicted molar refractivity (Wildman–Crippen MR) is 97.1 cm³/mol. The van der Waals surface area contributed by atoms with Gasteiger partial charge in [0.2, 0.25) is 0 Å². The fourth-order valence-electron chi connectivity index (χ4n) is 1.84. The molecule has 1 aromatic rings. The van der Waals surface area contributed by atoms with E-state index < -0.39 is 11.9 Å². The summed E-state index contributed by atoms with van der Waals surface area (Å²) in [4.78, 5) is 23.4. The molecule has 0 unspecified atom stereocenters. The molecule has 0 heterocycles. The highest BCUT2D eigenvalue weighted by Crippen LogP contribution is 2.15. The molecule has 1 rings (SSSR count). The second kappa shape index (κ2) is 10.9. The molecule has 0 saturated heterocycles. The molecular formula is C18H20Cl2O4. The molecule has 24 heavy (non-hydrogen) atoms. The van der Waals surface area contributed by atoms with Crippen LogP contribution in [0.1, 0.15) is 25.0 Å². The average Bonchev–Trinajstić information content (AvgIpc) is 2.59. The highest BCUT2D eigenvalue weighted by Gasteiger charge is 2.10. The Bertz CT molecular complexity index is 563. The molecule has 6 heteroatoms. The zero-order valence-electron chi connectivity index (χ0n) is 13.7. The first-order valence-electron chi connectivity index (χ1n) is 7.53. The van der Waals surface area contributed by atoms with Crippen molar-refractivity contribution < 1.29 is 19.1 Å². The number of carbonyl (C=O) groups excluding carboxylic acids is 2. The number of rotatable bonds is 8. The Kier molecular flexibility index (Phi) is 9.20. The van der Waals surface area contributed by atoms with Gasteiger partial charge in [0.05, 0.1) is 36.1 Å². The van der Waals surface area contributed by atoms with Gasteiger partial charge in [0.25, 0.3) is 0 Å². The van der Waals surface area contributed by atoms with Crippen LogP contribution in [-0.4, -0.2) is 36.9 Å². The van der Waals surface area contributed by atoms with Gasteiger partial charge in [0, 0.05) is 0 Å². The molecule has 0 aliphatic rings. The van der Waals surface area contributed by atoms with E-state index in [1.807, 2.05) is 24.3 Å². The van der Waals surface area contributed by atoms with Gasteiger partial charge in [0.15, 0.2) is 0 Å². The third-order valence-electron chi connectivity index (χ3n) is 2.98. The smallest absolute Gasteiger partial charge is 0.335 e. The second-order valence-corrected chi connectivity index (χ2v) is 5.25. The molecule has 0 saturated carbocycles. The zero-order chi connectivity index (χ0) is 17.9. The summed E-state index contributed by atoms with van der Waals surface area (Å²) in [5.74, 6) is -0.717. The molecule has 0 aliphatic heterocycles. The largest absolute Gasteiger partial charge is 0.463 e. The summed E-state index contributed by atoms with van der Waals surface area (Å²) in [6, 6.07) is 7.26. The minimum atomic E-state index is -0.428. The van der Waals surface area contributed by atoms with E-state index in [2.05, 4.69) is 0 Å². The summed E-state index contributed by atoms with van der Waals surface area (Å²) in [6.07, 6.45) is 3.35. The highest BCUT2D eigenvalue weighted by atomic mass is 35.5. The Labute approximate surface area is 152 Å². The Morgan fingerprint density at radius 1 is 0.833 bits per heavy atom. The van der Waals surface area contributed by atoms with E-state index in [9.17, 15) is 9.59 Å². The molecule has 0 radical (unpaired) electrons. The number of hydrogen-bond donors (Lipinski definition) is 0. The standard InChI is InChI=1S/C18H20Cl2O4/c1-3-23-17(21)15(11-19)9-13-5-7-14(8-6-13)10-16(12-20)18(22)24-4-2/h5-10H,3-4,11-12H2,1-2H3/b15-9-,16-10+. The van der Waals surface area contributed by atoms with Crippen molar-refractivity contribution in [3.63, 3.8) is 0 Å². The first kappa shape index (κ1) is 20.3. The van der Waals surface area contributed by atoms with Crippen LogP contribution in [0, 0.1) is 0 Å². The van der Waals surface area contributed by atoms with Gasteiger partial charge < -0.3 is 9.47 Å². The van der Waals surface area contributed by atoms with Gasteiger partial charge in [-0.2, -0.15) is 0 Å². The Balaban J connectivity index is 2.95. The average molecular weight is 371 g/mol. The van der Waals surface area contributed by atoms with Crippen molar-refractivity contribution in [2.24, 2.45) is 0 Å². The van der Waals surface area contributed by atoms with Crippen molar-refractivity contribution >= 4 is 47.3 Å². The quantitative estimate of drug-likeness (QED) is 0.393. The lowest BCUT2D eigenvalue weighted by Gasteiger charge is -2.05. The number of carbonyl (C=O) groups is 2. The van der Waals surface area contributed by atoms with E-state index in [1.165, 1.54) is 0 Å². The number of esters is 2. The monoisotopic (exact) mass is 370 g/mol. The summed E-state index contributed by atoms with van der Waals surface area (Å²) >= 11 is 11.6. The fraction of sp³-hybridized carbons (Fsp3) is 0.333. The van der Waals surface area contributed by atoms with Crippen molar-refractivity contribution in [1.82, 2.24) is 0 Å². The lowest BCUT2D eigenvalue weighted by molar-refractivity contribution is -0.139. The van der Waals surface area contributed by atoms with Gasteiger partial charge in [-0.15, -0.1) is 23.2 Å². The van der Waals surface area contributed by atoms with E-state index in [4.69, 9.17) is 32.7 Å². The van der Waals surface area contributed by atoms with Gasteiger partial charge >= 0.3 is 11.9 Å². The van der Waals surface area contributed by atoms with Crippen LogP contribution in [0.15, 0.2) is 35.4 Å². The first-order chi connectivity index (χ1) is 11.5. The van der Waals surface area contributed by atoms with Gasteiger partial charge in [-0.1, -0.05) is 24.3 Å². The molecule has 130 valence electrons. The molecule has 1 aromatic carbocycles. The normalized spacial score (nSPS) is 12.0. The molecule has 0 bridgehead atoms. The van der Waals surface area contributed by atoms with Crippen molar-refractivity contribution in [1.29, 1.82) is 0 Å². The number of alkyl halides is 2. The summed E-state index contributed by atoms with van der Waals surface area (Å²) in [5, 5.41) is 0. The topological polar surface area (TPSA) is 52.6 Å². The van der Waals surface area contributed by atoms with E-state index in [0.29, 0.717) is 24.4 Å². The fourth-order valence-corrected chi connectivity index (χ4v) is 2.22. The molecular weight excluding hydrogens is 351 g/mol. The molecule has 0 spiro atoms. The number of hydrogen-bond acceptors (Lipinski definition) is 4. The van der Waals surface area contributed by atoms with Crippen molar-refractivity contribution in [2.75, 3.05) is 25.0 Å². The summed E-state index contributed by atoms with van der Waals surface area (Å²) in [6.45, 7) is 4.07. The summed E-state index contributed by atoms with van der Waals surface area (Å²) in [5.41, 5.74) is 2.38. The third kappa shape index (κ3) is 6.38. The van der Waals surface area contributed by atoms with Crippen LogP contribution in [0.25, 0.3) is 12.2 Å². The SMILES string of the molecule is CCOC(=O)/C(=C/c1ccc(/C=C(/CCl)C(=O)OCC)cc1)CCl. The van der Waals surface area contributed by atoms with Gasteiger partial charge in [-0.3, -0.25) is 0 Å². The third-order valence-corrected chi connectivity index (χ3v) is 3.56. The Hall–Kier alpha value is -1.78. The highest BCUT2D eigenvalue weighted by molar-refractivity contribution is 6.23. The maximum atomic E-state index is 11.7. The Morgan fingerprint density at radius 3 is 1.42 bits per heavy atom. The maximum absolute atomic E-state index is 11.7. The van der Waals surface area contributed by atoms with Gasteiger partial charge in [0.1, 0.15) is 0 Å². The van der Waals surface area contributed by atoms with Crippen molar-refractivity contribution in [3.8, 4) is 0 Å². The lowest BCUT2D eigenvalue weighted by Crippen LogP contribution is -2.08. The number of ether oxygens (including phenoxy) is 2. The number of halogens is 2. The molecule has 0 aliphatic carbocycles. The van der Waals surface area contributed by atoms with Crippen LogP contribution in [0.5, 0.6) is 0 Å². The maximum Gasteiger partial charge on any atom is 0.335 e. The molecule has 0 atom stereocenters. The van der Waals surface area contributed by atoms with Crippen molar-refractivity contribution in [2.45, 2.75) is 13.8 Å². The van der Waals surface area contributed by atoms with Gasteiger partial charge in [-0.25, -0.2) is 9.59 Å². The Morgan fingerprint density at radius 2 is 1.17 bits per heavy atom. The van der Waals surface area contributed by atoms with E-state index >= 15 is 0 Å². The summed E-state index contributed by atoms with van der Waals surface area (Å²) in [7, 11) is 0. The van der Waals surface area contributed by atoms with E-state index in [1.54, 1.807) is 26.0 Å². The van der Waals surface area contributed by atoms with Crippen LogP contribution in [0.3, 0.4) is 0 Å². The van der Waals surface area contributed by atoms with Gasteiger partial charge in [-0.05, 0) is 37.1 Å². The van der Waals surface area contributed by atoms with Crippen LogP contribution in [-0.2, 0) is 19.1 Å². The zero-order valence-corrected chi connectivity index (χ0v) is 15.2. The number of benzene rings is 1. The molecule has 0 amide bonds. The second-order valence-electron chi connectivity index (χ2n) is 4.71. The summed E-state index contributed by atoms with van der Waals surface area (Å²) < 4.78 is 9.88. The molecule has 0 fully saturated rings. The van der Waals surface area contributed by atoms with Crippen LogP contribution >= 0.6 is 23.2 Å². The van der Waals surface area contributed by atoms with E-state index in [-0.39, 0.29) is 11.8 Å². The van der Waals surface area contributed by atoms with Crippen LogP contribution in [0.4, 0.5) is 0 Å². The lowest BCUT2D eigenvalue weighted by atomic mass is 10.1. The van der Waals surface area contributed by atoms with E-state index in [0.717, 1.165) is 11.1 Å². The minimum absolute atomic E-state index is 0.0692. The van der Waals surface area contributed by atoms with Crippen molar-refractivity contribution in [3.05, 3.63) is 46.5 Å². The predicted octanol–water partition coefficient (Wildman–Crippen LogP) is 4.06. The molecule has 0 aromatic heterocycles. The molecule has 4 nitrogen and oxygen atoms in total. The minimum Gasteiger partial charge on any atom is -0.463 e. The van der Waals surface area contributed by atoms with Crippen LogP contribution in [0.2, 0.25) is 0 Å². The molecule has 0 N–H and O–H groups in total. The van der Waals surface area contributed by atoms with Crippen LogP contribution < -0.4 is 0 Å². The first-order valence-corrected chi connectivity index (χ1v) is 8.59.